The Kier molecular flexibility index (Phi) is 9.80. The average molecular weight is 466 g/mol. The summed E-state index contributed by atoms with van der Waals surface area (Å²) in [7, 11) is 2.92. The molecule has 2 aromatic heterocycles. The number of hydrogen-bond acceptors (Lipinski definition) is 4. The molecule has 1 aliphatic heterocycles. The van der Waals surface area contributed by atoms with Crippen molar-refractivity contribution in [1.29, 1.82) is 0 Å². The Morgan fingerprint density at radius 2 is 1.65 bits per heavy atom. The minimum absolute atomic E-state index is 0.333. The summed E-state index contributed by atoms with van der Waals surface area (Å²) >= 11 is 0. The highest BCUT2D eigenvalue weighted by Gasteiger charge is 2.32. The molecule has 1 aliphatic rings. The zero-order valence-electron chi connectivity index (χ0n) is 21.1. The van der Waals surface area contributed by atoms with Crippen LogP contribution in [0.1, 0.15) is 87.5 Å². The molecule has 0 saturated carbocycles. The first kappa shape index (κ1) is 25.6. The largest absolute Gasteiger partial charge is 0.493 e. The molecule has 0 aliphatic carbocycles. The second-order valence-corrected chi connectivity index (χ2v) is 8.96. The summed E-state index contributed by atoms with van der Waals surface area (Å²) in [5, 5.41) is 0. The van der Waals surface area contributed by atoms with E-state index in [4.69, 9.17) is 14.5 Å². The predicted octanol–water partition coefficient (Wildman–Crippen LogP) is 6.64. The third-order valence-electron chi connectivity index (χ3n) is 6.22. The van der Waals surface area contributed by atoms with Crippen LogP contribution in [-0.2, 0) is 20.7 Å². The van der Waals surface area contributed by atoms with Crippen LogP contribution in [0.4, 0.5) is 0 Å². The minimum atomic E-state index is -0.469. The number of carbonyl (C=O) groups is 1. The molecule has 2 N–H and O–H groups in total. The lowest BCUT2D eigenvalue weighted by atomic mass is 10.1. The van der Waals surface area contributed by atoms with E-state index >= 15 is 0 Å². The van der Waals surface area contributed by atoms with Crippen molar-refractivity contribution in [3.8, 4) is 0 Å². The van der Waals surface area contributed by atoms with Gasteiger partial charge in [-0.2, -0.15) is 0 Å². The van der Waals surface area contributed by atoms with E-state index in [9.17, 15) is 4.79 Å². The van der Waals surface area contributed by atoms with Crippen LogP contribution in [0, 0.1) is 6.92 Å². The monoisotopic (exact) mass is 465 g/mol. The fourth-order valence-electron chi connectivity index (χ4n) is 4.36. The molecule has 0 amide bonds. The molecule has 3 heterocycles. The number of aryl methyl sites for hydroxylation is 2. The van der Waals surface area contributed by atoms with Gasteiger partial charge in [0.1, 0.15) is 17.0 Å². The number of H-pyrrole nitrogens is 2. The first-order valence-corrected chi connectivity index (χ1v) is 12.6. The number of carbonyl (C=O) groups excluding carboxylic acids is 1. The summed E-state index contributed by atoms with van der Waals surface area (Å²) in [6.07, 6.45) is 14.9. The van der Waals surface area contributed by atoms with Gasteiger partial charge in [0.15, 0.2) is 5.76 Å². The smallest absolute Gasteiger partial charge is 0.344 e. The first-order chi connectivity index (χ1) is 16.6. The van der Waals surface area contributed by atoms with Crippen molar-refractivity contribution in [2.45, 2.75) is 78.1 Å². The molecule has 0 unspecified atom stereocenters. The second kappa shape index (κ2) is 13.0. The number of unbranched alkanes of at least 4 members (excludes halogenated alkanes) is 8. The third-order valence-corrected chi connectivity index (χ3v) is 6.22. The molecule has 0 spiro atoms. The Labute approximate surface area is 203 Å². The van der Waals surface area contributed by atoms with Crippen LogP contribution < -0.4 is 0 Å². The van der Waals surface area contributed by atoms with Gasteiger partial charge in [-0.25, -0.2) is 9.79 Å². The van der Waals surface area contributed by atoms with Gasteiger partial charge in [0.2, 0.25) is 0 Å². The van der Waals surface area contributed by atoms with Crippen molar-refractivity contribution >= 4 is 17.8 Å². The van der Waals surface area contributed by atoms with Crippen molar-refractivity contribution in [1.82, 2.24) is 9.97 Å². The molecule has 3 rings (SSSR count). The Morgan fingerprint density at radius 3 is 2.26 bits per heavy atom. The lowest BCUT2D eigenvalue weighted by Crippen LogP contribution is -2.15. The van der Waals surface area contributed by atoms with Gasteiger partial charge in [-0.1, -0.05) is 58.3 Å². The Balaban J connectivity index is 1.63. The van der Waals surface area contributed by atoms with Gasteiger partial charge in [0.05, 0.1) is 19.9 Å². The van der Waals surface area contributed by atoms with Crippen LogP contribution in [0.25, 0.3) is 6.08 Å². The molecule has 6 nitrogen and oxygen atoms in total. The Bertz CT molecular complexity index is 1040. The van der Waals surface area contributed by atoms with Gasteiger partial charge in [-0.3, -0.25) is 0 Å². The maximum absolute atomic E-state index is 12.5. The lowest BCUT2D eigenvalue weighted by Gasteiger charge is -2.06. The topological polar surface area (TPSA) is 79.5 Å². The summed E-state index contributed by atoms with van der Waals surface area (Å²) < 4.78 is 10.6. The van der Waals surface area contributed by atoms with Crippen LogP contribution in [-0.4, -0.2) is 35.9 Å². The number of esters is 1. The third kappa shape index (κ3) is 6.75. The van der Waals surface area contributed by atoms with Crippen LogP contribution in [0.3, 0.4) is 0 Å². The number of methoxy groups -OCH3 is 2. The van der Waals surface area contributed by atoms with E-state index in [1.807, 2.05) is 31.2 Å². The van der Waals surface area contributed by atoms with Crippen molar-refractivity contribution in [3.05, 3.63) is 64.1 Å². The van der Waals surface area contributed by atoms with E-state index in [1.54, 1.807) is 7.11 Å². The maximum atomic E-state index is 12.5. The molecule has 2 aromatic rings. The number of aromatic nitrogens is 2. The van der Waals surface area contributed by atoms with Gasteiger partial charge in [-0.15, -0.1) is 0 Å². The minimum Gasteiger partial charge on any atom is -0.493 e. The van der Waals surface area contributed by atoms with Crippen molar-refractivity contribution < 1.29 is 14.3 Å². The average Bonchev–Trinajstić information content (AvgIpc) is 3.56. The van der Waals surface area contributed by atoms with Gasteiger partial charge in [0.25, 0.3) is 0 Å². The molecular weight excluding hydrogens is 426 g/mol. The van der Waals surface area contributed by atoms with Crippen molar-refractivity contribution in [2.24, 2.45) is 4.99 Å². The zero-order valence-corrected chi connectivity index (χ0v) is 21.1. The highest BCUT2D eigenvalue weighted by molar-refractivity contribution is 6.28. The van der Waals surface area contributed by atoms with E-state index in [0.717, 1.165) is 23.5 Å². The van der Waals surface area contributed by atoms with Gasteiger partial charge in [-0.05, 0) is 50.1 Å². The number of nitrogens with zero attached hydrogens (tertiary/aromatic N) is 1. The fraction of sp³-hybridized carbons (Fsp3) is 0.500. The molecule has 0 fully saturated rings. The normalized spacial score (nSPS) is 14.7. The Hall–Kier alpha value is -3.02. The van der Waals surface area contributed by atoms with Crippen LogP contribution in [0.2, 0.25) is 0 Å². The first-order valence-electron chi connectivity index (χ1n) is 12.6. The quantitative estimate of drug-likeness (QED) is 0.242. The number of nitrogens with one attached hydrogen (secondary N) is 2. The molecule has 34 heavy (non-hydrogen) atoms. The summed E-state index contributed by atoms with van der Waals surface area (Å²) in [5.74, 6) is -0.0482. The van der Waals surface area contributed by atoms with Crippen LogP contribution in [0.5, 0.6) is 0 Å². The number of aliphatic imine (C=N–C) groups is 1. The van der Waals surface area contributed by atoms with E-state index in [1.165, 1.54) is 70.6 Å². The SMILES string of the molecule is CCCCCCCCCCCc1ccc(C=C2N=C(c3ccc(C)[nH]3)C(C(=O)OC)=C2OC)[nH]1. The molecule has 0 bridgehead atoms. The Morgan fingerprint density at radius 1 is 0.941 bits per heavy atom. The second-order valence-electron chi connectivity index (χ2n) is 8.96. The summed E-state index contributed by atoms with van der Waals surface area (Å²) in [4.78, 5) is 24.0. The molecule has 0 atom stereocenters. The summed E-state index contributed by atoms with van der Waals surface area (Å²) in [6, 6.07) is 8.03. The number of hydrogen-bond donors (Lipinski definition) is 2. The molecular formula is C28H39N3O3. The van der Waals surface area contributed by atoms with Crippen molar-refractivity contribution in [2.75, 3.05) is 14.2 Å². The molecule has 0 saturated heterocycles. The van der Waals surface area contributed by atoms with Gasteiger partial charge < -0.3 is 19.4 Å². The summed E-state index contributed by atoms with van der Waals surface area (Å²) in [6.45, 7) is 4.22. The maximum Gasteiger partial charge on any atom is 0.344 e. The van der Waals surface area contributed by atoms with E-state index in [-0.39, 0.29) is 0 Å². The van der Waals surface area contributed by atoms with E-state index < -0.39 is 5.97 Å². The molecule has 0 aromatic carbocycles. The molecule has 6 heteroatoms. The number of aromatic amines is 2. The van der Waals surface area contributed by atoms with Gasteiger partial charge >= 0.3 is 5.97 Å². The highest BCUT2D eigenvalue weighted by atomic mass is 16.5. The highest BCUT2D eigenvalue weighted by Crippen LogP contribution is 2.31. The van der Waals surface area contributed by atoms with Crippen molar-refractivity contribution in [3.63, 3.8) is 0 Å². The predicted molar refractivity (Wildman–Crippen MR) is 138 cm³/mol. The number of rotatable bonds is 14. The molecule has 0 radical (unpaired) electrons. The lowest BCUT2D eigenvalue weighted by molar-refractivity contribution is -0.135. The van der Waals surface area contributed by atoms with Crippen LogP contribution >= 0.6 is 0 Å². The van der Waals surface area contributed by atoms with Crippen LogP contribution in [0.15, 0.2) is 46.3 Å². The number of ether oxygens (including phenoxy) is 2. The molecule has 184 valence electrons. The zero-order chi connectivity index (χ0) is 24.3. The fourth-order valence-corrected chi connectivity index (χ4v) is 4.36. The summed E-state index contributed by atoms with van der Waals surface area (Å²) in [5.41, 5.74) is 5.36. The standard InChI is InChI=1S/C28H39N3O3/c1-5-6-7-8-9-10-11-12-13-14-21-16-17-22(30-21)19-24-27(33-3)25(28(32)34-4)26(31-24)23-18-15-20(2)29-23/h15-19,29-30H,5-14H2,1-4H3. The van der Waals surface area contributed by atoms with Gasteiger partial charge in [0, 0.05) is 17.1 Å². The van der Waals surface area contributed by atoms with E-state index in [2.05, 4.69) is 23.0 Å². The van der Waals surface area contributed by atoms with E-state index in [0.29, 0.717) is 22.7 Å².